The van der Waals surface area contributed by atoms with Crippen molar-refractivity contribution in [3.63, 3.8) is 0 Å². The molecule has 2 aromatic rings. The lowest BCUT2D eigenvalue weighted by atomic mass is 10.0. The summed E-state index contributed by atoms with van der Waals surface area (Å²) in [4.78, 5) is 0. The van der Waals surface area contributed by atoms with Gasteiger partial charge in [-0.05, 0) is 48.6 Å². The average molecular weight is 299 g/mol. The van der Waals surface area contributed by atoms with Crippen LogP contribution < -0.4 is 0 Å². The fraction of sp³-hybridized carbons (Fsp3) is 0.333. The van der Waals surface area contributed by atoms with Crippen molar-refractivity contribution < 1.29 is 0 Å². The molecule has 108 valence electrons. The Kier molecular flexibility index (Phi) is 6.24. The van der Waals surface area contributed by atoms with Crippen molar-refractivity contribution in [2.75, 3.05) is 0 Å². The van der Waals surface area contributed by atoms with E-state index in [0.717, 1.165) is 12.0 Å². The number of halogens is 1. The van der Waals surface area contributed by atoms with Crippen molar-refractivity contribution in [2.24, 2.45) is 0 Å². The SMILES string of the molecule is CCCCCCc1ccc(C#Cc2ccc(Cl)nn2)cc1. The van der Waals surface area contributed by atoms with Crippen molar-refractivity contribution in [2.45, 2.75) is 39.0 Å². The Bertz CT molecular complexity index is 606. The molecule has 0 spiro atoms. The predicted octanol–water partition coefficient (Wildman–Crippen LogP) is 4.65. The molecule has 0 N–H and O–H groups in total. The van der Waals surface area contributed by atoms with E-state index in [9.17, 15) is 0 Å². The van der Waals surface area contributed by atoms with Crippen LogP contribution in [0.5, 0.6) is 0 Å². The summed E-state index contributed by atoms with van der Waals surface area (Å²) in [6.07, 6.45) is 6.33. The van der Waals surface area contributed by atoms with E-state index in [-0.39, 0.29) is 0 Å². The van der Waals surface area contributed by atoms with E-state index in [0.29, 0.717) is 10.8 Å². The summed E-state index contributed by atoms with van der Waals surface area (Å²) in [6.45, 7) is 2.23. The number of unbranched alkanes of at least 4 members (excludes halogenated alkanes) is 3. The third-order valence-corrected chi connectivity index (χ3v) is 3.44. The van der Waals surface area contributed by atoms with E-state index in [1.807, 2.05) is 0 Å². The second-order valence-electron chi connectivity index (χ2n) is 5.00. The van der Waals surface area contributed by atoms with Crippen LogP contribution >= 0.6 is 11.6 Å². The largest absolute Gasteiger partial charge is 0.151 e. The molecule has 1 aromatic carbocycles. The number of rotatable bonds is 5. The standard InChI is InChI=1S/C18H19ClN2/c1-2-3-4-5-6-15-7-9-16(10-8-15)11-12-17-13-14-18(19)21-20-17/h7-10,13-14H,2-6H2,1H3. The summed E-state index contributed by atoms with van der Waals surface area (Å²) in [6, 6.07) is 11.9. The predicted molar refractivity (Wildman–Crippen MR) is 87.3 cm³/mol. The highest BCUT2D eigenvalue weighted by Crippen LogP contribution is 2.09. The maximum atomic E-state index is 5.69. The molecule has 2 rings (SSSR count). The second-order valence-corrected chi connectivity index (χ2v) is 5.39. The van der Waals surface area contributed by atoms with Gasteiger partial charge in [-0.2, -0.15) is 0 Å². The molecule has 0 aliphatic rings. The zero-order valence-corrected chi connectivity index (χ0v) is 13.0. The van der Waals surface area contributed by atoms with Crippen molar-refractivity contribution in [1.29, 1.82) is 0 Å². The van der Waals surface area contributed by atoms with E-state index < -0.39 is 0 Å². The molecule has 0 aliphatic carbocycles. The van der Waals surface area contributed by atoms with Crippen LogP contribution in [0.3, 0.4) is 0 Å². The molecule has 1 heterocycles. The highest BCUT2D eigenvalue weighted by atomic mass is 35.5. The first-order valence-electron chi connectivity index (χ1n) is 7.38. The summed E-state index contributed by atoms with van der Waals surface area (Å²) in [5.41, 5.74) is 3.00. The summed E-state index contributed by atoms with van der Waals surface area (Å²) >= 11 is 5.69. The Hall–Kier alpha value is -1.85. The molecule has 0 aliphatic heterocycles. The number of aryl methyl sites for hydroxylation is 1. The van der Waals surface area contributed by atoms with E-state index in [2.05, 4.69) is 53.2 Å². The van der Waals surface area contributed by atoms with Crippen molar-refractivity contribution in [1.82, 2.24) is 10.2 Å². The van der Waals surface area contributed by atoms with E-state index in [1.54, 1.807) is 12.1 Å². The van der Waals surface area contributed by atoms with Crippen LogP contribution in [-0.2, 0) is 6.42 Å². The highest BCUT2D eigenvalue weighted by molar-refractivity contribution is 6.29. The molecule has 0 radical (unpaired) electrons. The molecule has 0 saturated carbocycles. The maximum Gasteiger partial charge on any atom is 0.151 e. The van der Waals surface area contributed by atoms with Gasteiger partial charge in [0.25, 0.3) is 0 Å². The number of benzene rings is 1. The Morgan fingerprint density at radius 3 is 2.38 bits per heavy atom. The van der Waals surface area contributed by atoms with Gasteiger partial charge in [0, 0.05) is 5.56 Å². The van der Waals surface area contributed by atoms with Crippen molar-refractivity contribution in [3.8, 4) is 11.8 Å². The number of hydrogen-bond acceptors (Lipinski definition) is 2. The first-order valence-corrected chi connectivity index (χ1v) is 7.76. The average Bonchev–Trinajstić information content (AvgIpc) is 2.52. The van der Waals surface area contributed by atoms with Crippen molar-refractivity contribution >= 4 is 11.6 Å². The van der Waals surface area contributed by atoms with Gasteiger partial charge in [0.2, 0.25) is 0 Å². The second kappa shape index (κ2) is 8.44. The van der Waals surface area contributed by atoms with E-state index in [1.165, 1.54) is 31.2 Å². The minimum atomic E-state index is 0.382. The zero-order chi connectivity index (χ0) is 14.9. The summed E-state index contributed by atoms with van der Waals surface area (Å²) in [5, 5.41) is 8.06. The Morgan fingerprint density at radius 2 is 1.71 bits per heavy atom. The van der Waals surface area contributed by atoms with Crippen LogP contribution in [0.4, 0.5) is 0 Å². The molecule has 21 heavy (non-hydrogen) atoms. The van der Waals surface area contributed by atoms with Gasteiger partial charge >= 0.3 is 0 Å². The van der Waals surface area contributed by atoms with E-state index in [4.69, 9.17) is 11.6 Å². The zero-order valence-electron chi connectivity index (χ0n) is 12.3. The molecule has 0 bridgehead atoms. The van der Waals surface area contributed by atoms with Gasteiger partial charge in [0.15, 0.2) is 5.15 Å². The molecular formula is C18H19ClN2. The minimum Gasteiger partial charge on any atom is -0.140 e. The third-order valence-electron chi connectivity index (χ3n) is 3.24. The van der Waals surface area contributed by atoms with Crippen LogP contribution in [0.1, 0.15) is 49.4 Å². The summed E-state index contributed by atoms with van der Waals surface area (Å²) < 4.78 is 0. The minimum absolute atomic E-state index is 0.382. The molecule has 0 saturated heterocycles. The van der Waals surface area contributed by atoms with Crippen molar-refractivity contribution in [3.05, 3.63) is 58.4 Å². The monoisotopic (exact) mass is 298 g/mol. The van der Waals surface area contributed by atoms with Gasteiger partial charge in [-0.15, -0.1) is 10.2 Å². The maximum absolute atomic E-state index is 5.69. The van der Waals surface area contributed by atoms with Crippen LogP contribution in [0.2, 0.25) is 5.15 Å². The molecule has 0 atom stereocenters. The van der Waals surface area contributed by atoms with Crippen LogP contribution in [0.15, 0.2) is 36.4 Å². The fourth-order valence-corrected chi connectivity index (χ4v) is 2.13. The summed E-state index contributed by atoms with van der Waals surface area (Å²) in [5.74, 6) is 6.07. The van der Waals surface area contributed by atoms with Crippen LogP contribution in [0.25, 0.3) is 0 Å². The quantitative estimate of drug-likeness (QED) is 0.593. The molecule has 2 nitrogen and oxygen atoms in total. The van der Waals surface area contributed by atoms with Gasteiger partial charge in [-0.1, -0.05) is 55.8 Å². The van der Waals surface area contributed by atoms with Gasteiger partial charge in [-0.3, -0.25) is 0 Å². The smallest absolute Gasteiger partial charge is 0.140 e. The Labute approximate surface area is 131 Å². The number of aromatic nitrogens is 2. The lowest BCUT2D eigenvalue weighted by Crippen LogP contribution is -1.87. The Balaban J connectivity index is 1.92. The highest BCUT2D eigenvalue weighted by Gasteiger charge is 1.95. The third kappa shape index (κ3) is 5.57. The van der Waals surface area contributed by atoms with E-state index >= 15 is 0 Å². The first kappa shape index (κ1) is 15.5. The van der Waals surface area contributed by atoms with Crippen LogP contribution in [0, 0.1) is 11.8 Å². The summed E-state index contributed by atoms with van der Waals surface area (Å²) in [7, 11) is 0. The molecule has 0 unspecified atom stereocenters. The van der Waals surface area contributed by atoms with Gasteiger partial charge in [0.1, 0.15) is 5.69 Å². The van der Waals surface area contributed by atoms with Crippen LogP contribution in [-0.4, -0.2) is 10.2 Å². The molecule has 0 fully saturated rings. The van der Waals surface area contributed by atoms with Gasteiger partial charge in [-0.25, -0.2) is 0 Å². The number of hydrogen-bond donors (Lipinski definition) is 0. The lowest BCUT2D eigenvalue weighted by Gasteiger charge is -2.01. The number of nitrogens with zero attached hydrogens (tertiary/aromatic N) is 2. The lowest BCUT2D eigenvalue weighted by molar-refractivity contribution is 0.667. The normalized spacial score (nSPS) is 10.0. The first-order chi connectivity index (χ1) is 10.3. The fourth-order valence-electron chi connectivity index (χ4n) is 2.03. The molecular weight excluding hydrogens is 280 g/mol. The molecule has 0 amide bonds. The molecule has 3 heteroatoms. The topological polar surface area (TPSA) is 25.8 Å². The van der Waals surface area contributed by atoms with Gasteiger partial charge in [0.05, 0.1) is 0 Å². The molecule has 1 aromatic heterocycles. The van der Waals surface area contributed by atoms with Gasteiger partial charge < -0.3 is 0 Å². The Morgan fingerprint density at radius 1 is 0.905 bits per heavy atom.